The second kappa shape index (κ2) is 8.31. The van der Waals surface area contributed by atoms with Crippen molar-refractivity contribution in [3.8, 4) is 11.5 Å². The van der Waals surface area contributed by atoms with Crippen LogP contribution in [0.1, 0.15) is 21.6 Å². The summed E-state index contributed by atoms with van der Waals surface area (Å²) in [5.74, 6) is -0.841. The number of amides is 1. The summed E-state index contributed by atoms with van der Waals surface area (Å²) < 4.78 is 47.1. The molecule has 10 heteroatoms. The number of H-pyrrole nitrogens is 1. The first kappa shape index (κ1) is 22.2. The lowest BCUT2D eigenvalue weighted by molar-refractivity contribution is -0.136. The lowest BCUT2D eigenvalue weighted by Crippen LogP contribution is -2.38. The van der Waals surface area contributed by atoms with Crippen LogP contribution < -0.4 is 10.5 Å². The number of benzene rings is 2. The third kappa shape index (κ3) is 4.80. The van der Waals surface area contributed by atoms with Gasteiger partial charge in [-0.3, -0.25) is 15.1 Å². The molecule has 0 unspecified atom stereocenters. The quantitative estimate of drug-likeness (QED) is 0.418. The monoisotopic (exact) mass is 433 g/mol. The first-order valence-corrected chi connectivity index (χ1v) is 9.24. The number of para-hydroxylation sites is 1. The van der Waals surface area contributed by atoms with Gasteiger partial charge in [-0.1, -0.05) is 18.2 Å². The van der Waals surface area contributed by atoms with E-state index >= 15 is 0 Å². The fourth-order valence-electron chi connectivity index (χ4n) is 3.11. The largest absolute Gasteiger partial charge is 0.457 e. The van der Waals surface area contributed by atoms with Crippen molar-refractivity contribution >= 4 is 22.8 Å². The number of guanidine groups is 1. The normalized spacial score (nSPS) is 11.7. The second-order valence-corrected chi connectivity index (χ2v) is 7.31. The SMILES string of the molecule is CN(C)Cc1ccccc1Oc1cc(C(F)(F)F)c2cc(C(=O)N(C)C(=N)N)[nH]c2c1. The fourth-order valence-corrected chi connectivity index (χ4v) is 3.11. The molecule has 0 fully saturated rings. The highest BCUT2D eigenvalue weighted by Gasteiger charge is 2.34. The number of halogens is 3. The Labute approximate surface area is 176 Å². The highest BCUT2D eigenvalue weighted by molar-refractivity contribution is 6.06. The molecule has 0 atom stereocenters. The number of ether oxygens (including phenoxy) is 1. The van der Waals surface area contributed by atoms with Crippen LogP contribution in [0.5, 0.6) is 11.5 Å². The van der Waals surface area contributed by atoms with Crippen molar-refractivity contribution in [3.05, 3.63) is 59.3 Å². The zero-order chi connectivity index (χ0) is 22.9. The van der Waals surface area contributed by atoms with Crippen molar-refractivity contribution in [2.45, 2.75) is 12.7 Å². The standard InChI is InChI=1S/C21H22F3N5O2/c1-28(2)11-12-6-4-5-7-18(12)31-13-8-15(21(22,23)24)14-10-17(27-16(14)9-13)19(30)29(3)20(25)26/h4-10,27H,11H2,1-3H3,(H3,25,26). The number of fused-ring (bicyclic) bond motifs is 1. The Bertz CT molecular complexity index is 1140. The van der Waals surface area contributed by atoms with Crippen LogP contribution in [0.4, 0.5) is 13.2 Å². The first-order chi connectivity index (χ1) is 14.5. The van der Waals surface area contributed by atoms with Crippen molar-refractivity contribution in [1.82, 2.24) is 14.8 Å². The molecule has 7 nitrogen and oxygen atoms in total. The zero-order valence-corrected chi connectivity index (χ0v) is 17.2. The molecule has 0 radical (unpaired) electrons. The average molecular weight is 433 g/mol. The molecule has 3 aromatic rings. The molecule has 3 rings (SSSR count). The van der Waals surface area contributed by atoms with E-state index in [-0.39, 0.29) is 22.3 Å². The van der Waals surface area contributed by atoms with Gasteiger partial charge in [0, 0.05) is 30.6 Å². The van der Waals surface area contributed by atoms with E-state index in [1.807, 2.05) is 31.1 Å². The third-order valence-corrected chi connectivity index (χ3v) is 4.60. The van der Waals surface area contributed by atoms with Gasteiger partial charge < -0.3 is 20.4 Å². The molecule has 1 heterocycles. The van der Waals surface area contributed by atoms with E-state index < -0.39 is 23.6 Å². The lowest BCUT2D eigenvalue weighted by atomic mass is 10.1. The maximum atomic E-state index is 13.8. The molecule has 0 saturated heterocycles. The number of nitrogens with two attached hydrogens (primary N) is 1. The van der Waals surface area contributed by atoms with Gasteiger partial charge in [0.15, 0.2) is 5.96 Å². The summed E-state index contributed by atoms with van der Waals surface area (Å²) in [6.07, 6.45) is -4.67. The summed E-state index contributed by atoms with van der Waals surface area (Å²) in [6.45, 7) is 0.545. The smallest absolute Gasteiger partial charge is 0.417 e. The van der Waals surface area contributed by atoms with Gasteiger partial charge in [0.05, 0.1) is 11.1 Å². The number of carbonyl (C=O) groups is 1. The molecular weight excluding hydrogens is 411 g/mol. The Morgan fingerprint density at radius 3 is 2.45 bits per heavy atom. The van der Waals surface area contributed by atoms with Gasteiger partial charge in [-0.05, 0) is 32.3 Å². The maximum absolute atomic E-state index is 13.8. The number of aromatic amines is 1. The van der Waals surface area contributed by atoms with Crippen LogP contribution in [-0.2, 0) is 12.7 Å². The van der Waals surface area contributed by atoms with Crippen LogP contribution in [0.2, 0.25) is 0 Å². The zero-order valence-electron chi connectivity index (χ0n) is 17.2. The minimum atomic E-state index is -4.67. The van der Waals surface area contributed by atoms with Crippen molar-refractivity contribution in [1.29, 1.82) is 5.41 Å². The number of aromatic nitrogens is 1. The summed E-state index contributed by atoms with van der Waals surface area (Å²) in [6, 6.07) is 10.5. The fraction of sp³-hybridized carbons (Fsp3) is 0.238. The maximum Gasteiger partial charge on any atom is 0.417 e. The number of hydrogen-bond acceptors (Lipinski definition) is 4. The molecule has 4 N–H and O–H groups in total. The van der Waals surface area contributed by atoms with E-state index in [0.29, 0.717) is 12.3 Å². The Morgan fingerprint density at radius 2 is 1.84 bits per heavy atom. The molecule has 0 saturated carbocycles. The number of rotatable bonds is 5. The molecule has 31 heavy (non-hydrogen) atoms. The highest BCUT2D eigenvalue weighted by Crippen LogP contribution is 2.39. The number of hydrogen-bond donors (Lipinski definition) is 3. The summed E-state index contributed by atoms with van der Waals surface area (Å²) in [4.78, 5) is 17.8. The van der Waals surface area contributed by atoms with Gasteiger partial charge in [-0.15, -0.1) is 0 Å². The molecule has 0 aliphatic rings. The summed E-state index contributed by atoms with van der Waals surface area (Å²) in [5, 5.41) is 7.17. The number of alkyl halides is 3. The Hall–Kier alpha value is -3.53. The van der Waals surface area contributed by atoms with Crippen LogP contribution >= 0.6 is 0 Å². The van der Waals surface area contributed by atoms with Gasteiger partial charge >= 0.3 is 6.18 Å². The van der Waals surface area contributed by atoms with E-state index in [1.165, 1.54) is 13.1 Å². The van der Waals surface area contributed by atoms with Crippen molar-refractivity contribution < 1.29 is 22.7 Å². The minimum Gasteiger partial charge on any atom is -0.457 e. The van der Waals surface area contributed by atoms with E-state index in [4.69, 9.17) is 15.9 Å². The number of nitrogens with zero attached hydrogens (tertiary/aromatic N) is 2. The van der Waals surface area contributed by atoms with Gasteiger partial charge in [-0.2, -0.15) is 13.2 Å². The van der Waals surface area contributed by atoms with E-state index in [0.717, 1.165) is 22.6 Å². The minimum absolute atomic E-state index is 0.0215. The molecule has 164 valence electrons. The van der Waals surface area contributed by atoms with Crippen LogP contribution in [0.25, 0.3) is 10.9 Å². The second-order valence-electron chi connectivity index (χ2n) is 7.31. The molecule has 1 amide bonds. The molecule has 1 aromatic heterocycles. The van der Waals surface area contributed by atoms with E-state index in [2.05, 4.69) is 4.98 Å². The Morgan fingerprint density at radius 1 is 1.16 bits per heavy atom. The van der Waals surface area contributed by atoms with Crippen molar-refractivity contribution in [3.63, 3.8) is 0 Å². The number of carbonyl (C=O) groups excluding carboxylic acids is 1. The Balaban J connectivity index is 2.08. The summed E-state index contributed by atoms with van der Waals surface area (Å²) >= 11 is 0. The van der Waals surface area contributed by atoms with Gasteiger partial charge in [0.1, 0.15) is 17.2 Å². The average Bonchev–Trinajstić information content (AvgIpc) is 3.10. The van der Waals surface area contributed by atoms with Crippen LogP contribution in [0.15, 0.2) is 42.5 Å². The topological polar surface area (TPSA) is 98.4 Å². The molecule has 0 aliphatic carbocycles. The van der Waals surface area contributed by atoms with E-state index in [9.17, 15) is 18.0 Å². The lowest BCUT2D eigenvalue weighted by Gasteiger charge is -2.16. The molecule has 0 bridgehead atoms. The van der Waals surface area contributed by atoms with Crippen LogP contribution in [0.3, 0.4) is 0 Å². The summed E-state index contributed by atoms with van der Waals surface area (Å²) in [5.41, 5.74) is 5.13. The highest BCUT2D eigenvalue weighted by atomic mass is 19.4. The molecule has 0 spiro atoms. The third-order valence-electron chi connectivity index (χ3n) is 4.60. The summed E-state index contributed by atoms with van der Waals surface area (Å²) in [7, 11) is 5.01. The predicted octanol–water partition coefficient (Wildman–Crippen LogP) is 4.01. The van der Waals surface area contributed by atoms with E-state index in [1.54, 1.807) is 12.1 Å². The predicted molar refractivity (Wildman–Crippen MR) is 111 cm³/mol. The first-order valence-electron chi connectivity index (χ1n) is 9.24. The van der Waals surface area contributed by atoms with Crippen LogP contribution in [0, 0.1) is 5.41 Å². The van der Waals surface area contributed by atoms with Crippen molar-refractivity contribution in [2.75, 3.05) is 21.1 Å². The molecule has 0 aliphatic heterocycles. The van der Waals surface area contributed by atoms with Gasteiger partial charge in [0.25, 0.3) is 5.91 Å². The Kier molecular flexibility index (Phi) is 5.94. The van der Waals surface area contributed by atoms with Crippen LogP contribution in [-0.4, -0.2) is 47.8 Å². The van der Waals surface area contributed by atoms with Gasteiger partial charge in [0.2, 0.25) is 0 Å². The molecular formula is C21H22F3N5O2. The number of nitrogens with one attached hydrogen (secondary N) is 2. The van der Waals surface area contributed by atoms with Crippen molar-refractivity contribution in [2.24, 2.45) is 5.73 Å². The molecule has 2 aromatic carbocycles. The van der Waals surface area contributed by atoms with Gasteiger partial charge in [-0.25, -0.2) is 0 Å².